The largest absolute Gasteiger partial charge is 0.573 e. The molecule has 1 aliphatic heterocycles. The minimum atomic E-state index is -4.71. The van der Waals surface area contributed by atoms with Gasteiger partial charge in [-0.05, 0) is 81.2 Å². The van der Waals surface area contributed by atoms with Crippen LogP contribution in [0.25, 0.3) is 16.9 Å². The Morgan fingerprint density at radius 3 is 2.52 bits per heavy atom. The number of halogens is 3. The van der Waals surface area contributed by atoms with E-state index < -0.39 is 6.36 Å². The van der Waals surface area contributed by atoms with Gasteiger partial charge in [-0.15, -0.1) is 18.3 Å². The van der Waals surface area contributed by atoms with Crippen LogP contribution in [0.3, 0.4) is 0 Å². The first-order chi connectivity index (χ1) is 14.8. The van der Waals surface area contributed by atoms with Crippen LogP contribution in [0, 0.1) is 12.8 Å². The lowest BCUT2D eigenvalue weighted by atomic mass is 9.97. The number of ether oxygens (including phenoxy) is 1. The summed E-state index contributed by atoms with van der Waals surface area (Å²) in [4.78, 5) is 6.87. The number of nitrogens with one attached hydrogen (secondary N) is 1. The fourth-order valence-electron chi connectivity index (χ4n) is 3.95. The van der Waals surface area contributed by atoms with Crippen LogP contribution >= 0.6 is 0 Å². The topological polar surface area (TPSA) is 54.7 Å². The van der Waals surface area contributed by atoms with Crippen molar-refractivity contribution in [2.75, 3.05) is 31.5 Å². The lowest BCUT2D eigenvalue weighted by Gasteiger charge is -2.31. The van der Waals surface area contributed by atoms with E-state index in [1.165, 1.54) is 25.0 Å². The van der Waals surface area contributed by atoms with Crippen LogP contribution in [-0.2, 0) is 0 Å². The standard InChI is InChI=1S/C22H26F3N5O/c1-3-29-10-8-16(9-11-29)13-27-21-15(2)12-20-26-14-19(30(20)28-21)17-4-6-18(7-5-17)31-22(23,24)25/h4-7,12,14,16H,3,8-11,13H2,1-2H3,(H,27,28). The summed E-state index contributed by atoms with van der Waals surface area (Å²) in [7, 11) is 0. The quantitative estimate of drug-likeness (QED) is 0.608. The Hall–Kier alpha value is -2.81. The number of imidazole rings is 1. The van der Waals surface area contributed by atoms with Crippen molar-refractivity contribution in [3.63, 3.8) is 0 Å². The number of piperidine rings is 1. The molecule has 6 nitrogen and oxygen atoms in total. The van der Waals surface area contributed by atoms with Crippen LogP contribution in [0.5, 0.6) is 5.75 Å². The number of alkyl halides is 3. The molecule has 0 unspecified atom stereocenters. The van der Waals surface area contributed by atoms with Crippen molar-refractivity contribution in [2.45, 2.75) is 33.1 Å². The number of aromatic nitrogens is 3. The molecular formula is C22H26F3N5O. The Balaban J connectivity index is 1.51. The Bertz CT molecular complexity index is 1020. The minimum Gasteiger partial charge on any atom is -0.406 e. The molecule has 3 heterocycles. The summed E-state index contributed by atoms with van der Waals surface area (Å²) in [5.74, 6) is 1.15. The lowest BCUT2D eigenvalue weighted by molar-refractivity contribution is -0.274. The van der Waals surface area contributed by atoms with Gasteiger partial charge in [-0.1, -0.05) is 6.92 Å². The molecule has 0 radical (unpaired) electrons. The van der Waals surface area contributed by atoms with Crippen molar-refractivity contribution in [1.82, 2.24) is 19.5 Å². The zero-order chi connectivity index (χ0) is 22.0. The molecule has 0 aliphatic carbocycles. The summed E-state index contributed by atoms with van der Waals surface area (Å²) >= 11 is 0. The molecule has 31 heavy (non-hydrogen) atoms. The van der Waals surface area contributed by atoms with Gasteiger partial charge in [0, 0.05) is 12.1 Å². The zero-order valence-electron chi connectivity index (χ0n) is 17.6. The smallest absolute Gasteiger partial charge is 0.406 e. The molecule has 0 spiro atoms. The van der Waals surface area contributed by atoms with E-state index in [1.54, 1.807) is 22.8 Å². The van der Waals surface area contributed by atoms with Gasteiger partial charge in [-0.25, -0.2) is 9.50 Å². The van der Waals surface area contributed by atoms with Gasteiger partial charge in [0.05, 0.1) is 11.9 Å². The van der Waals surface area contributed by atoms with Gasteiger partial charge in [0.1, 0.15) is 11.6 Å². The molecule has 4 rings (SSSR count). The predicted molar refractivity (Wildman–Crippen MR) is 113 cm³/mol. The fourth-order valence-corrected chi connectivity index (χ4v) is 3.95. The van der Waals surface area contributed by atoms with E-state index in [-0.39, 0.29) is 5.75 Å². The number of benzene rings is 1. The highest BCUT2D eigenvalue weighted by molar-refractivity contribution is 5.65. The maximum Gasteiger partial charge on any atom is 0.573 e. The third-order valence-electron chi connectivity index (χ3n) is 5.78. The molecule has 166 valence electrons. The van der Waals surface area contributed by atoms with Crippen molar-refractivity contribution in [1.29, 1.82) is 0 Å². The molecule has 0 saturated carbocycles. The van der Waals surface area contributed by atoms with E-state index in [2.05, 4.69) is 26.9 Å². The molecule has 2 aromatic heterocycles. The van der Waals surface area contributed by atoms with Gasteiger partial charge in [0.15, 0.2) is 5.65 Å². The molecule has 1 aliphatic rings. The maximum atomic E-state index is 12.4. The van der Waals surface area contributed by atoms with E-state index in [4.69, 9.17) is 5.10 Å². The van der Waals surface area contributed by atoms with E-state index in [0.29, 0.717) is 22.8 Å². The molecule has 0 amide bonds. The monoisotopic (exact) mass is 433 g/mol. The Labute approximate surface area is 179 Å². The zero-order valence-corrected chi connectivity index (χ0v) is 17.6. The van der Waals surface area contributed by atoms with Crippen LogP contribution in [-0.4, -0.2) is 52.0 Å². The molecule has 1 fully saturated rings. The first-order valence-corrected chi connectivity index (χ1v) is 10.5. The minimum absolute atomic E-state index is 0.259. The van der Waals surface area contributed by atoms with Gasteiger partial charge < -0.3 is 15.0 Å². The average Bonchev–Trinajstić information content (AvgIpc) is 3.14. The summed E-state index contributed by atoms with van der Waals surface area (Å²) in [5.41, 5.74) is 3.10. The molecule has 9 heteroatoms. The number of likely N-dealkylation sites (tertiary alicyclic amines) is 1. The lowest BCUT2D eigenvalue weighted by Crippen LogP contribution is -2.35. The average molecular weight is 433 g/mol. The van der Waals surface area contributed by atoms with Crippen LogP contribution < -0.4 is 10.1 Å². The Morgan fingerprint density at radius 2 is 1.87 bits per heavy atom. The molecular weight excluding hydrogens is 407 g/mol. The van der Waals surface area contributed by atoms with E-state index in [9.17, 15) is 13.2 Å². The second-order valence-corrected chi connectivity index (χ2v) is 7.92. The van der Waals surface area contributed by atoms with E-state index in [0.717, 1.165) is 37.6 Å². The number of fused-ring (bicyclic) bond motifs is 1. The van der Waals surface area contributed by atoms with Crippen molar-refractivity contribution in [3.8, 4) is 17.0 Å². The summed E-state index contributed by atoms with van der Waals surface area (Å²) in [6.07, 6.45) is -0.696. The summed E-state index contributed by atoms with van der Waals surface area (Å²) in [5, 5.41) is 8.22. The number of anilines is 1. The van der Waals surface area contributed by atoms with Crippen molar-refractivity contribution in [2.24, 2.45) is 5.92 Å². The predicted octanol–water partition coefficient (Wildman–Crippen LogP) is 4.75. The number of hydrogen-bond acceptors (Lipinski definition) is 5. The number of hydrogen-bond donors (Lipinski definition) is 1. The Morgan fingerprint density at radius 1 is 1.16 bits per heavy atom. The van der Waals surface area contributed by atoms with Gasteiger partial charge in [0.2, 0.25) is 0 Å². The third kappa shape index (κ3) is 5.10. The first-order valence-electron chi connectivity index (χ1n) is 10.5. The molecule has 1 N–H and O–H groups in total. The summed E-state index contributed by atoms with van der Waals surface area (Å²) < 4.78 is 42.8. The summed E-state index contributed by atoms with van der Waals surface area (Å²) in [6.45, 7) is 8.42. The fraction of sp³-hybridized carbons (Fsp3) is 0.455. The second-order valence-electron chi connectivity index (χ2n) is 7.92. The molecule has 3 aromatic rings. The Kier molecular flexibility index (Phi) is 6.04. The maximum absolute atomic E-state index is 12.4. The molecule has 0 bridgehead atoms. The second kappa shape index (κ2) is 8.74. The number of aryl methyl sites for hydroxylation is 1. The van der Waals surface area contributed by atoms with Gasteiger partial charge in [0.25, 0.3) is 0 Å². The van der Waals surface area contributed by atoms with Crippen LogP contribution in [0.15, 0.2) is 36.5 Å². The SMILES string of the molecule is CCN1CCC(CNc2nn3c(-c4ccc(OC(F)(F)F)cc4)cnc3cc2C)CC1. The van der Waals surface area contributed by atoms with Crippen LogP contribution in [0.1, 0.15) is 25.3 Å². The first kappa shape index (κ1) is 21.4. The van der Waals surface area contributed by atoms with Gasteiger partial charge in [-0.3, -0.25) is 0 Å². The van der Waals surface area contributed by atoms with Gasteiger partial charge in [-0.2, -0.15) is 0 Å². The highest BCUT2D eigenvalue weighted by Crippen LogP contribution is 2.28. The van der Waals surface area contributed by atoms with Crippen molar-refractivity contribution < 1.29 is 17.9 Å². The normalized spacial score (nSPS) is 16.0. The van der Waals surface area contributed by atoms with E-state index >= 15 is 0 Å². The molecule has 0 atom stereocenters. The van der Waals surface area contributed by atoms with Gasteiger partial charge >= 0.3 is 6.36 Å². The molecule has 1 saturated heterocycles. The van der Waals surface area contributed by atoms with E-state index in [1.807, 2.05) is 13.0 Å². The highest BCUT2D eigenvalue weighted by Gasteiger charge is 2.31. The van der Waals surface area contributed by atoms with Crippen molar-refractivity contribution >= 4 is 11.5 Å². The third-order valence-corrected chi connectivity index (χ3v) is 5.78. The van der Waals surface area contributed by atoms with Crippen LogP contribution in [0.4, 0.5) is 19.0 Å². The number of nitrogens with zero attached hydrogens (tertiary/aromatic N) is 4. The number of rotatable bonds is 6. The van der Waals surface area contributed by atoms with Crippen LogP contribution in [0.2, 0.25) is 0 Å². The van der Waals surface area contributed by atoms with Crippen molar-refractivity contribution in [3.05, 3.63) is 42.1 Å². The molecule has 1 aromatic carbocycles. The summed E-state index contributed by atoms with van der Waals surface area (Å²) in [6, 6.07) is 7.68. The highest BCUT2D eigenvalue weighted by atomic mass is 19.4.